The van der Waals surface area contributed by atoms with E-state index < -0.39 is 11.6 Å². The summed E-state index contributed by atoms with van der Waals surface area (Å²) in [5.74, 6) is -0.949. The van der Waals surface area contributed by atoms with Crippen LogP contribution in [0.1, 0.15) is 5.69 Å². The zero-order valence-electron chi connectivity index (χ0n) is 12.0. The van der Waals surface area contributed by atoms with Gasteiger partial charge >= 0.3 is 0 Å². The van der Waals surface area contributed by atoms with Gasteiger partial charge in [-0.2, -0.15) is 0 Å². The number of pyridine rings is 1. The summed E-state index contributed by atoms with van der Waals surface area (Å²) in [4.78, 5) is 8.48. The molecule has 0 atom stereocenters. The van der Waals surface area contributed by atoms with Gasteiger partial charge in [-0.05, 0) is 31.2 Å². The molecule has 2 aromatic heterocycles. The van der Waals surface area contributed by atoms with E-state index in [1.807, 2.05) is 13.1 Å². The molecule has 22 heavy (non-hydrogen) atoms. The smallest absolute Gasteiger partial charge is 0.238 e. The van der Waals surface area contributed by atoms with Crippen molar-refractivity contribution in [3.8, 4) is 22.8 Å². The van der Waals surface area contributed by atoms with Gasteiger partial charge in [0.25, 0.3) is 0 Å². The molecule has 0 spiro atoms. The molecule has 0 bridgehead atoms. The normalized spacial score (nSPS) is 10.7. The Labute approximate surface area is 126 Å². The molecule has 0 saturated carbocycles. The first kappa shape index (κ1) is 14.2. The van der Waals surface area contributed by atoms with Crippen LogP contribution in [0.3, 0.4) is 0 Å². The van der Waals surface area contributed by atoms with E-state index in [4.69, 9.17) is 4.74 Å². The van der Waals surface area contributed by atoms with E-state index in [1.165, 1.54) is 19.2 Å². The monoisotopic (exact) mass is 301 g/mol. The second-order valence-corrected chi connectivity index (χ2v) is 4.81. The minimum atomic E-state index is -0.648. The quantitative estimate of drug-likeness (QED) is 0.743. The zero-order chi connectivity index (χ0) is 15.7. The molecule has 0 radical (unpaired) electrons. The van der Waals surface area contributed by atoms with Crippen molar-refractivity contribution in [1.29, 1.82) is 0 Å². The molecule has 0 amide bonds. The van der Waals surface area contributed by atoms with Crippen LogP contribution in [0.25, 0.3) is 16.9 Å². The van der Waals surface area contributed by atoms with Crippen molar-refractivity contribution < 1.29 is 13.5 Å². The Hall–Kier alpha value is -2.76. The number of ether oxygens (including phenoxy) is 1. The molecule has 0 aliphatic carbocycles. The van der Waals surface area contributed by atoms with E-state index in [2.05, 4.69) is 9.97 Å². The number of aryl methyl sites for hydroxylation is 1. The molecule has 3 aromatic rings. The van der Waals surface area contributed by atoms with Crippen LogP contribution in [0.4, 0.5) is 8.78 Å². The summed E-state index contributed by atoms with van der Waals surface area (Å²) in [6.07, 6.45) is 3.48. The van der Waals surface area contributed by atoms with Crippen molar-refractivity contribution in [2.45, 2.75) is 6.92 Å². The van der Waals surface area contributed by atoms with E-state index >= 15 is 0 Å². The number of rotatable bonds is 3. The average molecular weight is 301 g/mol. The lowest BCUT2D eigenvalue weighted by molar-refractivity contribution is 0.396. The highest BCUT2D eigenvalue weighted by molar-refractivity contribution is 5.62. The Kier molecular flexibility index (Phi) is 3.58. The molecule has 0 N–H and O–H groups in total. The molecule has 3 rings (SSSR count). The van der Waals surface area contributed by atoms with Gasteiger partial charge in [-0.3, -0.25) is 0 Å². The molecule has 0 saturated heterocycles. The Balaban J connectivity index is 2.08. The van der Waals surface area contributed by atoms with Gasteiger partial charge in [-0.25, -0.2) is 18.7 Å². The Morgan fingerprint density at radius 1 is 1.09 bits per heavy atom. The summed E-state index contributed by atoms with van der Waals surface area (Å²) in [5, 5.41) is 0. The van der Waals surface area contributed by atoms with Crippen molar-refractivity contribution in [3.05, 3.63) is 60.2 Å². The van der Waals surface area contributed by atoms with Crippen LogP contribution in [0.2, 0.25) is 0 Å². The van der Waals surface area contributed by atoms with Gasteiger partial charge in [-0.15, -0.1) is 0 Å². The molecule has 2 heterocycles. The second kappa shape index (κ2) is 5.55. The first-order valence-electron chi connectivity index (χ1n) is 6.59. The molecular formula is C16H13F2N3O. The topological polar surface area (TPSA) is 39.9 Å². The molecular weight excluding hydrogens is 288 g/mol. The van der Waals surface area contributed by atoms with Gasteiger partial charge in [0.05, 0.1) is 24.8 Å². The maximum atomic E-state index is 13.3. The maximum absolute atomic E-state index is 13.3. The standard InChI is InChI=1S/C16H13F2N3O/c1-10-8-21(9-19-10)15-4-3-14(20-16(15)22-2)11-5-12(17)7-13(18)6-11/h3-9H,1-2H3. The summed E-state index contributed by atoms with van der Waals surface area (Å²) < 4.78 is 33.7. The van der Waals surface area contributed by atoms with E-state index in [0.717, 1.165) is 11.8 Å². The van der Waals surface area contributed by atoms with E-state index in [0.29, 0.717) is 22.8 Å². The van der Waals surface area contributed by atoms with Gasteiger partial charge in [0.1, 0.15) is 17.3 Å². The molecule has 1 aromatic carbocycles. The van der Waals surface area contributed by atoms with Crippen LogP contribution in [-0.2, 0) is 0 Å². The van der Waals surface area contributed by atoms with Crippen LogP contribution in [0.5, 0.6) is 5.88 Å². The average Bonchev–Trinajstić information content (AvgIpc) is 2.92. The maximum Gasteiger partial charge on any atom is 0.238 e. The fourth-order valence-electron chi connectivity index (χ4n) is 2.20. The highest BCUT2D eigenvalue weighted by Crippen LogP contribution is 2.27. The summed E-state index contributed by atoms with van der Waals surface area (Å²) in [6.45, 7) is 1.88. The van der Waals surface area contributed by atoms with Gasteiger partial charge in [0, 0.05) is 17.8 Å². The van der Waals surface area contributed by atoms with Crippen LogP contribution >= 0.6 is 0 Å². The third-order valence-corrected chi connectivity index (χ3v) is 3.18. The van der Waals surface area contributed by atoms with Crippen molar-refractivity contribution >= 4 is 0 Å². The Bertz CT molecular complexity index is 810. The highest BCUT2D eigenvalue weighted by Gasteiger charge is 2.11. The minimum Gasteiger partial charge on any atom is -0.479 e. The number of benzene rings is 1. The largest absolute Gasteiger partial charge is 0.479 e. The van der Waals surface area contributed by atoms with Gasteiger partial charge < -0.3 is 9.30 Å². The summed E-state index contributed by atoms with van der Waals surface area (Å²) >= 11 is 0. The molecule has 4 nitrogen and oxygen atoms in total. The summed E-state index contributed by atoms with van der Waals surface area (Å²) in [5.41, 5.74) is 2.34. The number of methoxy groups -OCH3 is 1. The second-order valence-electron chi connectivity index (χ2n) is 4.81. The number of aromatic nitrogens is 3. The molecule has 0 aliphatic heterocycles. The lowest BCUT2D eigenvalue weighted by atomic mass is 10.1. The SMILES string of the molecule is COc1nc(-c2cc(F)cc(F)c2)ccc1-n1cnc(C)c1. The highest BCUT2D eigenvalue weighted by atomic mass is 19.1. The third kappa shape index (κ3) is 2.67. The molecule has 112 valence electrons. The van der Waals surface area contributed by atoms with Crippen LogP contribution in [-0.4, -0.2) is 21.6 Å². The minimum absolute atomic E-state index is 0.347. The number of imidazole rings is 1. The number of halogens is 2. The molecule has 6 heteroatoms. The number of nitrogens with zero attached hydrogens (tertiary/aromatic N) is 3. The lowest BCUT2D eigenvalue weighted by Gasteiger charge is -2.10. The van der Waals surface area contributed by atoms with Crippen molar-refractivity contribution in [2.24, 2.45) is 0 Å². The Morgan fingerprint density at radius 3 is 2.41 bits per heavy atom. The molecule has 0 fully saturated rings. The molecule has 0 unspecified atom stereocenters. The number of hydrogen-bond donors (Lipinski definition) is 0. The van der Waals surface area contributed by atoms with Crippen molar-refractivity contribution in [2.75, 3.05) is 7.11 Å². The van der Waals surface area contributed by atoms with Crippen molar-refractivity contribution in [3.63, 3.8) is 0 Å². The van der Waals surface area contributed by atoms with E-state index in [1.54, 1.807) is 23.0 Å². The Morgan fingerprint density at radius 2 is 1.82 bits per heavy atom. The van der Waals surface area contributed by atoms with Crippen LogP contribution in [0, 0.1) is 18.6 Å². The van der Waals surface area contributed by atoms with Gasteiger partial charge in [-0.1, -0.05) is 0 Å². The van der Waals surface area contributed by atoms with Crippen molar-refractivity contribution in [1.82, 2.24) is 14.5 Å². The summed E-state index contributed by atoms with van der Waals surface area (Å²) in [7, 11) is 1.49. The first-order valence-corrected chi connectivity index (χ1v) is 6.59. The number of hydrogen-bond acceptors (Lipinski definition) is 3. The predicted octanol–water partition coefficient (Wildman–Crippen LogP) is 3.53. The zero-order valence-corrected chi connectivity index (χ0v) is 12.0. The van der Waals surface area contributed by atoms with Gasteiger partial charge in [0.2, 0.25) is 5.88 Å². The van der Waals surface area contributed by atoms with Gasteiger partial charge in [0.15, 0.2) is 0 Å². The summed E-state index contributed by atoms with van der Waals surface area (Å²) in [6, 6.07) is 6.73. The molecule has 0 aliphatic rings. The lowest BCUT2D eigenvalue weighted by Crippen LogP contribution is -1.99. The third-order valence-electron chi connectivity index (χ3n) is 3.18. The van der Waals surface area contributed by atoms with Crippen LogP contribution in [0.15, 0.2) is 42.9 Å². The van der Waals surface area contributed by atoms with E-state index in [9.17, 15) is 8.78 Å². The van der Waals surface area contributed by atoms with E-state index in [-0.39, 0.29) is 0 Å². The first-order chi connectivity index (χ1) is 10.6. The van der Waals surface area contributed by atoms with Crippen LogP contribution < -0.4 is 4.74 Å². The fourth-order valence-corrected chi connectivity index (χ4v) is 2.20. The fraction of sp³-hybridized carbons (Fsp3) is 0.125. The predicted molar refractivity (Wildman–Crippen MR) is 78.0 cm³/mol.